The van der Waals surface area contributed by atoms with Crippen molar-refractivity contribution in [2.75, 3.05) is 13.4 Å². The summed E-state index contributed by atoms with van der Waals surface area (Å²) >= 11 is 0. The van der Waals surface area contributed by atoms with E-state index >= 15 is 0 Å². The SMILES string of the molecule is CCC(=O)c1cc2c(cc1C1=NC(C)(C)CO1)OCO2. The molecule has 0 N–H and O–H groups in total. The fourth-order valence-corrected chi connectivity index (χ4v) is 2.26. The first-order valence-electron chi connectivity index (χ1n) is 6.70. The van der Waals surface area contributed by atoms with E-state index in [-0.39, 0.29) is 18.1 Å². The number of carbonyl (C=O) groups is 1. The maximum absolute atomic E-state index is 12.1. The number of ketones is 1. The van der Waals surface area contributed by atoms with Crippen molar-refractivity contribution in [3.63, 3.8) is 0 Å². The van der Waals surface area contributed by atoms with Crippen molar-refractivity contribution < 1.29 is 19.0 Å². The molecule has 0 fully saturated rings. The van der Waals surface area contributed by atoms with Crippen molar-refractivity contribution in [3.05, 3.63) is 23.3 Å². The third-order valence-corrected chi connectivity index (χ3v) is 3.33. The Bertz CT molecular complexity index is 604. The highest BCUT2D eigenvalue weighted by Gasteiger charge is 2.31. The third-order valence-electron chi connectivity index (χ3n) is 3.33. The van der Waals surface area contributed by atoms with E-state index in [1.54, 1.807) is 12.1 Å². The zero-order valence-electron chi connectivity index (χ0n) is 11.9. The molecule has 5 heteroatoms. The van der Waals surface area contributed by atoms with E-state index < -0.39 is 0 Å². The maximum Gasteiger partial charge on any atom is 0.231 e. The normalized spacial score (nSPS) is 18.6. The first kappa shape index (κ1) is 13.0. The lowest BCUT2D eigenvalue weighted by atomic mass is 10.0. The van der Waals surface area contributed by atoms with Crippen molar-refractivity contribution in [1.82, 2.24) is 0 Å². The smallest absolute Gasteiger partial charge is 0.231 e. The van der Waals surface area contributed by atoms with Gasteiger partial charge in [0.25, 0.3) is 0 Å². The average Bonchev–Trinajstić information content (AvgIpc) is 3.01. The molecule has 2 aliphatic rings. The van der Waals surface area contributed by atoms with Gasteiger partial charge in [-0.05, 0) is 26.0 Å². The highest BCUT2D eigenvalue weighted by molar-refractivity contribution is 6.09. The number of ether oxygens (including phenoxy) is 3. The fourth-order valence-electron chi connectivity index (χ4n) is 2.26. The molecular formula is C15H17NO4. The summed E-state index contributed by atoms with van der Waals surface area (Å²) in [5.74, 6) is 1.77. The van der Waals surface area contributed by atoms with E-state index in [2.05, 4.69) is 4.99 Å². The minimum absolute atomic E-state index is 0.0364. The molecule has 0 aromatic heterocycles. The van der Waals surface area contributed by atoms with E-state index in [4.69, 9.17) is 14.2 Å². The van der Waals surface area contributed by atoms with Gasteiger partial charge < -0.3 is 14.2 Å². The summed E-state index contributed by atoms with van der Waals surface area (Å²) in [5, 5.41) is 0. The van der Waals surface area contributed by atoms with E-state index in [1.165, 1.54) is 0 Å². The molecule has 0 aliphatic carbocycles. The molecule has 0 bridgehead atoms. The van der Waals surface area contributed by atoms with Gasteiger partial charge >= 0.3 is 0 Å². The minimum atomic E-state index is -0.266. The molecule has 0 saturated carbocycles. The number of Topliss-reactive ketones (excluding diaryl/α,β-unsaturated/α-hetero) is 1. The number of nitrogens with zero attached hydrogens (tertiary/aromatic N) is 1. The van der Waals surface area contributed by atoms with Crippen molar-refractivity contribution in [3.8, 4) is 11.5 Å². The zero-order chi connectivity index (χ0) is 14.3. The van der Waals surface area contributed by atoms with E-state index in [1.807, 2.05) is 20.8 Å². The summed E-state index contributed by atoms with van der Waals surface area (Å²) in [6.45, 7) is 6.51. The number of rotatable bonds is 3. The van der Waals surface area contributed by atoms with Crippen LogP contribution in [0.1, 0.15) is 43.1 Å². The van der Waals surface area contributed by atoms with Crippen LogP contribution in [-0.4, -0.2) is 30.6 Å². The Morgan fingerprint density at radius 2 is 1.95 bits per heavy atom. The first-order chi connectivity index (χ1) is 9.50. The number of hydrogen-bond acceptors (Lipinski definition) is 5. The Labute approximate surface area is 117 Å². The summed E-state index contributed by atoms with van der Waals surface area (Å²) in [6, 6.07) is 3.51. The highest BCUT2D eigenvalue weighted by atomic mass is 16.7. The van der Waals surface area contributed by atoms with Gasteiger partial charge in [0.2, 0.25) is 12.7 Å². The summed E-state index contributed by atoms with van der Waals surface area (Å²) in [6.07, 6.45) is 0.420. The number of hydrogen-bond donors (Lipinski definition) is 0. The van der Waals surface area contributed by atoms with Crippen molar-refractivity contribution in [2.45, 2.75) is 32.7 Å². The second-order valence-corrected chi connectivity index (χ2v) is 5.55. The van der Waals surface area contributed by atoms with Gasteiger partial charge in [-0.1, -0.05) is 6.92 Å². The van der Waals surface area contributed by atoms with Crippen LogP contribution in [0, 0.1) is 0 Å². The van der Waals surface area contributed by atoms with Gasteiger partial charge in [-0.3, -0.25) is 4.79 Å². The Balaban J connectivity index is 2.12. The molecule has 0 radical (unpaired) electrons. The topological polar surface area (TPSA) is 57.1 Å². The van der Waals surface area contributed by atoms with Gasteiger partial charge in [0.15, 0.2) is 17.3 Å². The van der Waals surface area contributed by atoms with Crippen LogP contribution in [0.2, 0.25) is 0 Å². The Hall–Kier alpha value is -2.04. The fraction of sp³-hybridized carbons (Fsp3) is 0.467. The summed E-state index contributed by atoms with van der Waals surface area (Å²) in [7, 11) is 0. The Morgan fingerprint density at radius 3 is 2.55 bits per heavy atom. The molecule has 0 unspecified atom stereocenters. The van der Waals surface area contributed by atoms with Gasteiger partial charge in [-0.2, -0.15) is 0 Å². The summed E-state index contributed by atoms with van der Waals surface area (Å²) in [4.78, 5) is 16.7. The van der Waals surface area contributed by atoms with Gasteiger partial charge in [0, 0.05) is 12.0 Å². The van der Waals surface area contributed by atoms with Gasteiger partial charge in [-0.25, -0.2) is 4.99 Å². The van der Waals surface area contributed by atoms with E-state index in [0.29, 0.717) is 41.6 Å². The molecule has 0 spiro atoms. The number of carbonyl (C=O) groups excluding carboxylic acids is 1. The summed E-state index contributed by atoms with van der Waals surface area (Å²) in [5.41, 5.74) is 0.998. The van der Waals surface area contributed by atoms with Crippen molar-refractivity contribution >= 4 is 11.7 Å². The molecular weight excluding hydrogens is 258 g/mol. The maximum atomic E-state index is 12.1. The second kappa shape index (κ2) is 4.51. The largest absolute Gasteiger partial charge is 0.475 e. The van der Waals surface area contributed by atoms with Gasteiger partial charge in [0.05, 0.1) is 11.1 Å². The van der Waals surface area contributed by atoms with Crippen LogP contribution in [-0.2, 0) is 4.74 Å². The van der Waals surface area contributed by atoms with Crippen LogP contribution >= 0.6 is 0 Å². The molecule has 20 heavy (non-hydrogen) atoms. The molecule has 0 amide bonds. The first-order valence-corrected chi connectivity index (χ1v) is 6.70. The Morgan fingerprint density at radius 1 is 1.25 bits per heavy atom. The average molecular weight is 275 g/mol. The summed E-state index contributed by atoms with van der Waals surface area (Å²) < 4.78 is 16.4. The lowest BCUT2D eigenvalue weighted by Crippen LogP contribution is -2.17. The Kier molecular flexibility index (Phi) is 2.92. The standard InChI is InChI=1S/C15H17NO4/c1-4-11(17)9-5-12-13(20-8-19-12)6-10(9)14-16-15(2,3)7-18-14/h5-6H,4,7-8H2,1-3H3. The zero-order valence-corrected chi connectivity index (χ0v) is 11.9. The van der Waals surface area contributed by atoms with Gasteiger partial charge in [0.1, 0.15) is 6.61 Å². The molecule has 1 aromatic carbocycles. The predicted molar refractivity (Wildman–Crippen MR) is 73.8 cm³/mol. The molecule has 5 nitrogen and oxygen atoms in total. The molecule has 2 aliphatic heterocycles. The number of benzene rings is 1. The molecule has 0 atom stereocenters. The van der Waals surface area contributed by atoms with Crippen molar-refractivity contribution in [2.24, 2.45) is 4.99 Å². The van der Waals surface area contributed by atoms with E-state index in [9.17, 15) is 4.79 Å². The van der Waals surface area contributed by atoms with E-state index in [0.717, 1.165) is 0 Å². The monoisotopic (exact) mass is 275 g/mol. The highest BCUT2D eigenvalue weighted by Crippen LogP contribution is 2.36. The van der Waals surface area contributed by atoms with Crippen molar-refractivity contribution in [1.29, 1.82) is 0 Å². The second-order valence-electron chi connectivity index (χ2n) is 5.55. The molecule has 1 aromatic rings. The van der Waals surface area contributed by atoms with Gasteiger partial charge in [-0.15, -0.1) is 0 Å². The van der Waals surface area contributed by atoms with Crippen LogP contribution in [0.4, 0.5) is 0 Å². The molecule has 0 saturated heterocycles. The molecule has 106 valence electrons. The quantitative estimate of drug-likeness (QED) is 0.795. The predicted octanol–water partition coefficient (Wildman–Crippen LogP) is 2.56. The van der Waals surface area contributed by atoms with Crippen LogP contribution in [0.15, 0.2) is 17.1 Å². The lowest BCUT2D eigenvalue weighted by molar-refractivity contribution is 0.0987. The van der Waals surface area contributed by atoms with Crippen LogP contribution in [0.5, 0.6) is 11.5 Å². The minimum Gasteiger partial charge on any atom is -0.475 e. The third kappa shape index (κ3) is 2.13. The molecule has 3 rings (SSSR count). The van der Waals surface area contributed by atoms with Crippen LogP contribution in [0.3, 0.4) is 0 Å². The number of aliphatic imine (C=N–C) groups is 1. The van der Waals surface area contributed by atoms with Crippen LogP contribution in [0.25, 0.3) is 0 Å². The molecule has 2 heterocycles. The number of fused-ring (bicyclic) bond motifs is 1. The lowest BCUT2D eigenvalue weighted by Gasteiger charge is -2.09. The van der Waals surface area contributed by atoms with Crippen LogP contribution < -0.4 is 9.47 Å².